The molecule has 4 rings (SSSR count). The van der Waals surface area contributed by atoms with Gasteiger partial charge >= 0.3 is 0 Å². The van der Waals surface area contributed by atoms with Crippen LogP contribution < -0.4 is 10.1 Å². The quantitative estimate of drug-likeness (QED) is 0.603. The Kier molecular flexibility index (Phi) is 4.23. The smallest absolute Gasteiger partial charge is 0.261 e. The average molecular weight is 346 g/mol. The monoisotopic (exact) mass is 346 g/mol. The molecule has 0 radical (unpaired) electrons. The van der Waals surface area contributed by atoms with Crippen molar-refractivity contribution in [2.75, 3.05) is 0 Å². The summed E-state index contributed by atoms with van der Waals surface area (Å²) in [5.74, 6) is 1.09. The molecular weight excluding hydrogens is 328 g/mol. The first-order valence-electron chi connectivity index (χ1n) is 8.41. The lowest BCUT2D eigenvalue weighted by atomic mass is 10.1. The molecule has 0 unspecified atom stereocenters. The molecule has 0 aliphatic carbocycles. The van der Waals surface area contributed by atoms with Crippen molar-refractivity contribution >= 4 is 22.5 Å². The second-order valence-electron chi connectivity index (χ2n) is 6.05. The van der Waals surface area contributed by atoms with Gasteiger partial charge in [0.15, 0.2) is 6.10 Å². The number of carbonyl (C=O) groups is 1. The SMILES string of the molecule is C[C@H](Oc1ccc2ccccc2c1)C(=O)NCc1cn2cccnc2n1. The van der Waals surface area contributed by atoms with Gasteiger partial charge in [-0.1, -0.05) is 30.3 Å². The minimum Gasteiger partial charge on any atom is -0.481 e. The summed E-state index contributed by atoms with van der Waals surface area (Å²) in [6, 6.07) is 15.7. The molecule has 1 atom stereocenters. The molecule has 6 nitrogen and oxygen atoms in total. The summed E-state index contributed by atoms with van der Waals surface area (Å²) in [6.07, 6.45) is 4.79. The molecule has 6 heteroatoms. The Labute approximate surface area is 150 Å². The highest BCUT2D eigenvalue weighted by Gasteiger charge is 2.15. The highest BCUT2D eigenvalue weighted by atomic mass is 16.5. The molecule has 2 aromatic heterocycles. The minimum absolute atomic E-state index is 0.192. The molecule has 0 bridgehead atoms. The zero-order chi connectivity index (χ0) is 17.9. The van der Waals surface area contributed by atoms with Crippen LogP contribution in [-0.4, -0.2) is 26.4 Å². The van der Waals surface area contributed by atoms with Gasteiger partial charge in [0, 0.05) is 18.6 Å². The van der Waals surface area contributed by atoms with E-state index in [1.807, 2.05) is 65.3 Å². The van der Waals surface area contributed by atoms with Gasteiger partial charge in [0.2, 0.25) is 5.78 Å². The van der Waals surface area contributed by atoms with E-state index in [4.69, 9.17) is 4.74 Å². The Bertz CT molecular complexity index is 1040. The van der Waals surface area contributed by atoms with Gasteiger partial charge in [-0.05, 0) is 35.9 Å². The predicted molar refractivity (Wildman–Crippen MR) is 98.9 cm³/mol. The fraction of sp³-hybridized carbons (Fsp3) is 0.150. The van der Waals surface area contributed by atoms with Crippen LogP contribution in [0.3, 0.4) is 0 Å². The lowest BCUT2D eigenvalue weighted by molar-refractivity contribution is -0.127. The molecule has 0 saturated heterocycles. The highest BCUT2D eigenvalue weighted by Crippen LogP contribution is 2.21. The van der Waals surface area contributed by atoms with Crippen molar-refractivity contribution < 1.29 is 9.53 Å². The van der Waals surface area contributed by atoms with Crippen LogP contribution in [0.15, 0.2) is 67.1 Å². The maximum absolute atomic E-state index is 12.3. The highest BCUT2D eigenvalue weighted by molar-refractivity contribution is 5.84. The minimum atomic E-state index is -0.605. The Morgan fingerprint density at radius 1 is 1.19 bits per heavy atom. The molecule has 0 spiro atoms. The number of hydrogen-bond donors (Lipinski definition) is 1. The molecule has 2 heterocycles. The fourth-order valence-electron chi connectivity index (χ4n) is 2.78. The van der Waals surface area contributed by atoms with E-state index in [1.54, 1.807) is 13.1 Å². The van der Waals surface area contributed by atoms with Crippen LogP contribution in [0.2, 0.25) is 0 Å². The molecular formula is C20H18N4O2. The first-order chi connectivity index (χ1) is 12.7. The molecule has 1 amide bonds. The van der Waals surface area contributed by atoms with Crippen LogP contribution in [0.5, 0.6) is 5.75 Å². The fourth-order valence-corrected chi connectivity index (χ4v) is 2.78. The summed E-state index contributed by atoms with van der Waals surface area (Å²) >= 11 is 0. The second-order valence-corrected chi connectivity index (χ2v) is 6.05. The first-order valence-corrected chi connectivity index (χ1v) is 8.41. The predicted octanol–water partition coefficient (Wildman–Crippen LogP) is 2.97. The van der Waals surface area contributed by atoms with Crippen LogP contribution in [-0.2, 0) is 11.3 Å². The van der Waals surface area contributed by atoms with Gasteiger partial charge in [0.25, 0.3) is 5.91 Å². The lowest BCUT2D eigenvalue weighted by Gasteiger charge is -2.14. The number of carbonyl (C=O) groups excluding carboxylic acids is 1. The Morgan fingerprint density at radius 2 is 2.04 bits per heavy atom. The van der Waals surface area contributed by atoms with E-state index in [0.29, 0.717) is 18.1 Å². The molecule has 0 fully saturated rings. The Hall–Kier alpha value is -3.41. The number of hydrogen-bond acceptors (Lipinski definition) is 4. The molecule has 1 N–H and O–H groups in total. The summed E-state index contributed by atoms with van der Waals surface area (Å²) in [5, 5.41) is 5.06. The van der Waals surface area contributed by atoms with E-state index < -0.39 is 6.10 Å². The zero-order valence-electron chi connectivity index (χ0n) is 14.3. The third-order valence-electron chi connectivity index (χ3n) is 4.13. The van der Waals surface area contributed by atoms with Gasteiger partial charge in [-0.15, -0.1) is 0 Å². The number of nitrogens with zero attached hydrogens (tertiary/aromatic N) is 3. The number of aromatic nitrogens is 3. The van der Waals surface area contributed by atoms with Crippen LogP contribution in [0.25, 0.3) is 16.6 Å². The third kappa shape index (κ3) is 3.35. The number of fused-ring (bicyclic) bond motifs is 2. The third-order valence-corrected chi connectivity index (χ3v) is 4.13. The number of rotatable bonds is 5. The normalized spacial score (nSPS) is 12.2. The number of ether oxygens (including phenoxy) is 1. The molecule has 130 valence electrons. The van der Waals surface area contributed by atoms with Crippen LogP contribution in [0, 0.1) is 0 Å². The van der Waals surface area contributed by atoms with E-state index in [-0.39, 0.29) is 5.91 Å². The summed E-state index contributed by atoms with van der Waals surface area (Å²) in [4.78, 5) is 20.8. The first kappa shape index (κ1) is 16.1. The van der Waals surface area contributed by atoms with E-state index >= 15 is 0 Å². The topological polar surface area (TPSA) is 68.5 Å². The van der Waals surface area contributed by atoms with Crippen LogP contribution >= 0.6 is 0 Å². The molecule has 0 aliphatic heterocycles. The molecule has 26 heavy (non-hydrogen) atoms. The van der Waals surface area contributed by atoms with E-state index in [2.05, 4.69) is 15.3 Å². The number of benzene rings is 2. The second kappa shape index (κ2) is 6.84. The maximum atomic E-state index is 12.3. The molecule has 2 aromatic carbocycles. The molecule has 4 aromatic rings. The number of amides is 1. The van der Waals surface area contributed by atoms with E-state index in [9.17, 15) is 4.79 Å². The van der Waals surface area contributed by atoms with Gasteiger partial charge in [-0.3, -0.25) is 9.20 Å². The standard InChI is InChI=1S/C20H18N4O2/c1-14(26-18-8-7-15-5-2-3-6-16(15)11-18)19(25)22-12-17-13-24-10-4-9-21-20(24)23-17/h2-11,13-14H,12H2,1H3,(H,22,25)/t14-/m0/s1. The average Bonchev–Trinajstić information content (AvgIpc) is 3.09. The van der Waals surface area contributed by atoms with Gasteiger partial charge in [-0.25, -0.2) is 9.97 Å². The summed E-state index contributed by atoms with van der Waals surface area (Å²) in [5.41, 5.74) is 0.745. The van der Waals surface area contributed by atoms with E-state index in [1.165, 1.54) is 0 Å². The molecule has 0 saturated carbocycles. The van der Waals surface area contributed by atoms with Gasteiger partial charge < -0.3 is 10.1 Å². The van der Waals surface area contributed by atoms with Crippen LogP contribution in [0.1, 0.15) is 12.6 Å². The zero-order valence-corrected chi connectivity index (χ0v) is 14.3. The van der Waals surface area contributed by atoms with Gasteiger partial charge in [0.1, 0.15) is 5.75 Å². The Morgan fingerprint density at radius 3 is 2.88 bits per heavy atom. The van der Waals surface area contributed by atoms with E-state index in [0.717, 1.165) is 16.5 Å². The Balaban J connectivity index is 1.38. The number of nitrogens with one attached hydrogen (secondary N) is 1. The van der Waals surface area contributed by atoms with Crippen molar-refractivity contribution in [2.24, 2.45) is 0 Å². The maximum Gasteiger partial charge on any atom is 0.261 e. The van der Waals surface area contributed by atoms with Crippen molar-refractivity contribution in [2.45, 2.75) is 19.6 Å². The largest absolute Gasteiger partial charge is 0.481 e. The molecule has 0 aliphatic rings. The van der Waals surface area contributed by atoms with Crippen molar-refractivity contribution in [1.82, 2.24) is 19.7 Å². The van der Waals surface area contributed by atoms with Crippen molar-refractivity contribution in [3.05, 3.63) is 72.8 Å². The van der Waals surface area contributed by atoms with Crippen molar-refractivity contribution in [1.29, 1.82) is 0 Å². The van der Waals surface area contributed by atoms with Crippen molar-refractivity contribution in [3.8, 4) is 5.75 Å². The summed E-state index contributed by atoms with van der Waals surface area (Å²) in [7, 11) is 0. The lowest BCUT2D eigenvalue weighted by Crippen LogP contribution is -2.35. The van der Waals surface area contributed by atoms with Gasteiger partial charge in [0.05, 0.1) is 12.2 Å². The number of imidazole rings is 1. The summed E-state index contributed by atoms with van der Waals surface area (Å²) < 4.78 is 7.60. The van der Waals surface area contributed by atoms with Crippen molar-refractivity contribution in [3.63, 3.8) is 0 Å². The van der Waals surface area contributed by atoms with Crippen LogP contribution in [0.4, 0.5) is 0 Å². The van der Waals surface area contributed by atoms with Gasteiger partial charge in [-0.2, -0.15) is 0 Å². The summed E-state index contributed by atoms with van der Waals surface area (Å²) in [6.45, 7) is 2.06.